The number of phenols is 1. The Hall–Kier alpha value is -2.92. The summed E-state index contributed by atoms with van der Waals surface area (Å²) in [6, 6.07) is 0.628. The van der Waals surface area contributed by atoms with Gasteiger partial charge in [0, 0.05) is 29.1 Å². The van der Waals surface area contributed by atoms with Crippen molar-refractivity contribution in [2.24, 2.45) is 23.5 Å². The zero-order valence-electron chi connectivity index (χ0n) is 24.4. The monoisotopic (exact) mass is 589 g/mol. The second kappa shape index (κ2) is 11.1. The number of phenolic OH excluding ortho intramolecular Hbond substituents is 1. The number of ketones is 2. The van der Waals surface area contributed by atoms with E-state index in [1.807, 2.05) is 0 Å². The van der Waals surface area contributed by atoms with Crippen LogP contribution in [0.1, 0.15) is 62.0 Å². The van der Waals surface area contributed by atoms with Crippen LogP contribution in [0.3, 0.4) is 0 Å². The number of carbonyl (C=O) groups excluding carboxylic acids is 3. The van der Waals surface area contributed by atoms with Crippen molar-refractivity contribution in [2.75, 3.05) is 20.6 Å². The summed E-state index contributed by atoms with van der Waals surface area (Å²) in [6.07, 6.45) is 1.15. The van der Waals surface area contributed by atoms with Crippen molar-refractivity contribution in [2.45, 2.75) is 71.2 Å². The van der Waals surface area contributed by atoms with Crippen LogP contribution in [-0.4, -0.2) is 86.0 Å². The van der Waals surface area contributed by atoms with Gasteiger partial charge in [-0.25, -0.2) is 0 Å². The highest BCUT2D eigenvalue weighted by Crippen LogP contribution is 2.53. The molecule has 4 rings (SSSR count). The highest BCUT2D eigenvalue weighted by molar-refractivity contribution is 6.33. The first-order valence-electron chi connectivity index (χ1n) is 14.0. The highest BCUT2D eigenvalue weighted by atomic mass is 35.5. The zero-order chi connectivity index (χ0) is 30.7. The van der Waals surface area contributed by atoms with Crippen molar-refractivity contribution in [3.05, 3.63) is 50.4 Å². The number of allylic oxidation sites excluding steroid dienone is 1. The fourth-order valence-electron chi connectivity index (χ4n) is 6.63. The van der Waals surface area contributed by atoms with E-state index in [9.17, 15) is 34.8 Å². The number of aliphatic hydroxyl groups is 3. The number of nitrogens with zero attached hydrogens (tertiary/aromatic N) is 2. The number of amides is 1. The van der Waals surface area contributed by atoms with Crippen molar-refractivity contribution in [3.8, 4) is 5.75 Å². The van der Waals surface area contributed by atoms with E-state index < -0.39 is 58.0 Å². The van der Waals surface area contributed by atoms with Gasteiger partial charge in [0.15, 0.2) is 11.4 Å². The molecule has 6 N–H and O–H groups in total. The summed E-state index contributed by atoms with van der Waals surface area (Å²) in [5.74, 6) is -6.32. The largest absolute Gasteiger partial charge is 0.510 e. The molecular weight excluding hydrogens is 550 g/mol. The standard InChI is InChI=1S/C30H40ClN3O7/c1-13(2)7-8-34(14(3)4)12-16-11-19(35)21-17(23(16)31)9-15-10-18-24(33(5)6)26(37)22(29(32)40)28(39)30(18,41)27(38)20(15)25(21)36/h11,13-15,18,24,35,37-38,41H,7-10,12H2,1-6H3,(H2,32,40)/t15-,18-,24-,30?/m0/s1. The molecule has 10 nitrogen and oxygen atoms in total. The van der Waals surface area contributed by atoms with Gasteiger partial charge in [0.05, 0.1) is 11.6 Å². The molecule has 1 amide bonds. The number of primary amides is 1. The van der Waals surface area contributed by atoms with Gasteiger partial charge in [-0.15, -0.1) is 0 Å². The number of fused-ring (bicyclic) bond motifs is 3. The second-order valence-electron chi connectivity index (χ2n) is 12.4. The molecule has 0 aromatic heterocycles. The quantitative estimate of drug-likeness (QED) is 0.287. The van der Waals surface area contributed by atoms with Crippen molar-refractivity contribution >= 4 is 29.1 Å². The molecule has 0 radical (unpaired) electrons. The summed E-state index contributed by atoms with van der Waals surface area (Å²) in [4.78, 5) is 43.1. The van der Waals surface area contributed by atoms with Crippen molar-refractivity contribution in [3.63, 3.8) is 0 Å². The Morgan fingerprint density at radius 2 is 1.80 bits per heavy atom. The Kier molecular flexibility index (Phi) is 8.36. The van der Waals surface area contributed by atoms with Crippen LogP contribution in [0.2, 0.25) is 5.02 Å². The van der Waals surface area contributed by atoms with Crippen molar-refractivity contribution < 1.29 is 34.8 Å². The summed E-state index contributed by atoms with van der Waals surface area (Å²) in [7, 11) is 3.18. The number of aliphatic hydroxyl groups excluding tert-OH is 2. The molecule has 0 spiro atoms. The van der Waals surface area contributed by atoms with Crippen LogP contribution in [0.5, 0.6) is 5.75 Å². The smallest absolute Gasteiger partial charge is 0.255 e. The van der Waals surface area contributed by atoms with Crippen LogP contribution in [0.15, 0.2) is 28.7 Å². The third kappa shape index (κ3) is 4.94. The fraction of sp³-hybridized carbons (Fsp3) is 0.567. The van der Waals surface area contributed by atoms with E-state index in [2.05, 4.69) is 32.6 Å². The summed E-state index contributed by atoms with van der Waals surface area (Å²) in [5, 5.41) is 45.4. The number of carbonyl (C=O) groups is 3. The van der Waals surface area contributed by atoms with Crippen LogP contribution in [0.4, 0.5) is 0 Å². The van der Waals surface area contributed by atoms with Crippen molar-refractivity contribution in [1.82, 2.24) is 9.80 Å². The fourth-order valence-corrected chi connectivity index (χ4v) is 6.92. The number of halogens is 1. The molecule has 0 bridgehead atoms. The lowest BCUT2D eigenvalue weighted by molar-refractivity contribution is -0.148. The molecule has 0 aliphatic heterocycles. The topological polar surface area (TPSA) is 165 Å². The molecule has 3 aliphatic carbocycles. The van der Waals surface area contributed by atoms with Gasteiger partial charge in [-0.3, -0.25) is 24.2 Å². The highest BCUT2D eigenvalue weighted by Gasteiger charge is 2.63. The first-order valence-corrected chi connectivity index (χ1v) is 14.3. The number of nitrogens with two attached hydrogens (primary N) is 1. The van der Waals surface area contributed by atoms with E-state index >= 15 is 0 Å². The Morgan fingerprint density at radius 3 is 2.34 bits per heavy atom. The minimum absolute atomic E-state index is 0.0135. The maximum atomic E-state index is 13.8. The molecule has 4 atom stereocenters. The number of rotatable bonds is 8. The molecule has 3 aliphatic rings. The Labute approximate surface area is 245 Å². The Morgan fingerprint density at radius 1 is 1.17 bits per heavy atom. The van der Waals surface area contributed by atoms with Gasteiger partial charge in [-0.1, -0.05) is 25.4 Å². The van der Waals surface area contributed by atoms with Gasteiger partial charge in [0.25, 0.3) is 5.91 Å². The van der Waals surface area contributed by atoms with Gasteiger partial charge >= 0.3 is 0 Å². The van der Waals surface area contributed by atoms with Crippen molar-refractivity contribution in [1.29, 1.82) is 0 Å². The van der Waals surface area contributed by atoms with Gasteiger partial charge in [-0.05, 0) is 82.8 Å². The van der Waals surface area contributed by atoms with Gasteiger partial charge in [0.1, 0.15) is 22.8 Å². The van der Waals surface area contributed by atoms with E-state index in [1.165, 1.54) is 11.0 Å². The number of hydrogen-bond acceptors (Lipinski definition) is 9. The molecule has 0 fully saturated rings. The Bertz CT molecular complexity index is 1370. The average Bonchev–Trinajstić information content (AvgIpc) is 2.85. The van der Waals surface area contributed by atoms with Crippen LogP contribution >= 0.6 is 11.6 Å². The lowest BCUT2D eigenvalue weighted by Crippen LogP contribution is -2.63. The number of Topliss-reactive ketones (excluding diaryl/α,β-unsaturated/α-hetero) is 2. The summed E-state index contributed by atoms with van der Waals surface area (Å²) in [5.41, 5.74) is 2.69. The lowest BCUT2D eigenvalue weighted by Gasteiger charge is -2.50. The average molecular weight is 590 g/mol. The number of aromatic hydroxyl groups is 1. The number of benzene rings is 1. The molecule has 0 saturated heterocycles. The van der Waals surface area contributed by atoms with E-state index in [4.69, 9.17) is 17.3 Å². The van der Waals surface area contributed by atoms with Crippen LogP contribution in [0.25, 0.3) is 0 Å². The molecule has 41 heavy (non-hydrogen) atoms. The second-order valence-corrected chi connectivity index (χ2v) is 12.8. The molecule has 1 aromatic rings. The van der Waals surface area contributed by atoms with Gasteiger partial charge in [-0.2, -0.15) is 0 Å². The maximum absolute atomic E-state index is 13.8. The van der Waals surface area contributed by atoms with Crippen LogP contribution in [0, 0.1) is 17.8 Å². The number of hydrogen-bond donors (Lipinski definition) is 5. The molecule has 224 valence electrons. The van der Waals surface area contributed by atoms with Crippen LogP contribution < -0.4 is 5.73 Å². The number of likely N-dealkylation sites (N-methyl/N-ethyl adjacent to an activating group) is 1. The van der Waals surface area contributed by atoms with Gasteiger partial charge < -0.3 is 26.2 Å². The predicted molar refractivity (Wildman–Crippen MR) is 154 cm³/mol. The maximum Gasteiger partial charge on any atom is 0.255 e. The molecule has 1 aromatic carbocycles. The van der Waals surface area contributed by atoms with E-state index in [0.717, 1.165) is 13.0 Å². The minimum Gasteiger partial charge on any atom is -0.510 e. The summed E-state index contributed by atoms with van der Waals surface area (Å²) in [6.45, 7) is 9.76. The lowest BCUT2D eigenvalue weighted by atomic mass is 9.58. The Balaban J connectivity index is 1.82. The van der Waals surface area contributed by atoms with E-state index in [-0.39, 0.29) is 35.8 Å². The normalized spacial score (nSPS) is 26.3. The summed E-state index contributed by atoms with van der Waals surface area (Å²) >= 11 is 6.91. The molecule has 11 heteroatoms. The first kappa shape index (κ1) is 31.0. The molecule has 0 heterocycles. The molecule has 1 unspecified atom stereocenters. The summed E-state index contributed by atoms with van der Waals surface area (Å²) < 4.78 is 0. The third-order valence-electron chi connectivity index (χ3n) is 8.83. The molecular formula is C30H40ClN3O7. The minimum atomic E-state index is -2.67. The SMILES string of the molecule is CC(C)CCN(Cc1cc(O)c2c(c1Cl)C[C@H]1C[C@H]3[C@H](N(C)C)C(O)=C(C(N)=O)C(=O)C3(O)C(O)=C1C2=O)C(C)C. The predicted octanol–water partition coefficient (Wildman–Crippen LogP) is 3.03. The third-order valence-corrected chi connectivity index (χ3v) is 9.30. The first-order chi connectivity index (χ1) is 19.0. The van der Waals surface area contributed by atoms with Crippen LogP contribution in [-0.2, 0) is 22.6 Å². The van der Waals surface area contributed by atoms with Gasteiger partial charge in [0.2, 0.25) is 5.78 Å². The zero-order valence-corrected chi connectivity index (χ0v) is 25.1. The van der Waals surface area contributed by atoms with E-state index in [1.54, 1.807) is 14.1 Å². The van der Waals surface area contributed by atoms with E-state index in [0.29, 0.717) is 28.6 Å². The molecule has 0 saturated carbocycles.